The van der Waals surface area contributed by atoms with Gasteiger partial charge in [-0.25, -0.2) is 4.98 Å². The molecule has 2 unspecified atom stereocenters. The molecule has 2 heterocycles. The second-order valence-corrected chi connectivity index (χ2v) is 4.27. The Morgan fingerprint density at radius 3 is 3.12 bits per heavy atom. The minimum atomic E-state index is -0.298. The molecule has 4 nitrogen and oxygen atoms in total. The Labute approximate surface area is 94.9 Å². The zero-order chi connectivity index (χ0) is 11.5. The number of carbonyl (C=O) groups excluding carboxylic acids is 1. The monoisotopic (exact) mass is 220 g/mol. The molecule has 0 aromatic carbocycles. The summed E-state index contributed by atoms with van der Waals surface area (Å²) in [4.78, 5) is 17.2. The molecule has 4 heteroatoms. The van der Waals surface area contributed by atoms with Crippen molar-refractivity contribution < 1.29 is 9.90 Å². The predicted octanol–water partition coefficient (Wildman–Crippen LogP) is 1.10. The number of aldehydes is 1. The number of nitrogens with zero attached hydrogens (tertiary/aromatic N) is 2. The third-order valence-corrected chi connectivity index (χ3v) is 3.15. The Kier molecular flexibility index (Phi) is 3.19. The van der Waals surface area contributed by atoms with Gasteiger partial charge in [-0.3, -0.25) is 4.79 Å². The Balaban J connectivity index is 2.17. The normalized spacial score (nSPS) is 22.1. The van der Waals surface area contributed by atoms with Gasteiger partial charge in [-0.05, 0) is 25.5 Å². The molecule has 1 fully saturated rings. The van der Waals surface area contributed by atoms with Crippen LogP contribution in [0, 0.1) is 5.92 Å². The summed E-state index contributed by atoms with van der Waals surface area (Å²) in [5.74, 6) is 1.02. The fourth-order valence-electron chi connectivity index (χ4n) is 2.14. The van der Waals surface area contributed by atoms with Gasteiger partial charge in [0.05, 0.1) is 11.7 Å². The molecule has 0 bridgehead atoms. The number of aliphatic hydroxyl groups excluding tert-OH is 1. The lowest BCUT2D eigenvalue weighted by Crippen LogP contribution is -2.25. The zero-order valence-corrected chi connectivity index (χ0v) is 9.34. The molecule has 16 heavy (non-hydrogen) atoms. The van der Waals surface area contributed by atoms with Gasteiger partial charge in [0.1, 0.15) is 5.82 Å². The van der Waals surface area contributed by atoms with Crippen molar-refractivity contribution in [1.82, 2.24) is 4.98 Å². The standard InChI is InChI=1S/C12H16N2O2/c1-9(16)10-4-6-14(7-10)12-11(8-15)3-2-5-13-12/h2-3,5,8-10,16H,4,6-7H2,1H3. The molecule has 1 aliphatic rings. The lowest BCUT2D eigenvalue weighted by Gasteiger charge is -2.19. The van der Waals surface area contributed by atoms with E-state index < -0.39 is 0 Å². The molecular formula is C12H16N2O2. The molecule has 1 N–H and O–H groups in total. The average Bonchev–Trinajstić information content (AvgIpc) is 2.78. The Hall–Kier alpha value is -1.42. The first-order chi connectivity index (χ1) is 7.72. The average molecular weight is 220 g/mol. The number of rotatable bonds is 3. The highest BCUT2D eigenvalue weighted by Gasteiger charge is 2.27. The van der Waals surface area contributed by atoms with Crippen LogP contribution in [0.1, 0.15) is 23.7 Å². The van der Waals surface area contributed by atoms with Crippen LogP contribution in [0.2, 0.25) is 0 Å². The first kappa shape index (κ1) is 11.1. The highest BCUT2D eigenvalue weighted by atomic mass is 16.3. The van der Waals surface area contributed by atoms with E-state index in [0.717, 1.165) is 31.6 Å². The van der Waals surface area contributed by atoms with Gasteiger partial charge in [0.25, 0.3) is 0 Å². The number of anilines is 1. The van der Waals surface area contributed by atoms with Crippen LogP contribution in [0.25, 0.3) is 0 Å². The van der Waals surface area contributed by atoms with E-state index in [1.807, 2.05) is 6.92 Å². The topological polar surface area (TPSA) is 53.4 Å². The fourth-order valence-corrected chi connectivity index (χ4v) is 2.14. The second kappa shape index (κ2) is 4.61. The number of aliphatic hydroxyl groups is 1. The summed E-state index contributed by atoms with van der Waals surface area (Å²) >= 11 is 0. The molecule has 1 aromatic rings. The van der Waals surface area contributed by atoms with Gasteiger partial charge in [-0.2, -0.15) is 0 Å². The van der Waals surface area contributed by atoms with Crippen LogP contribution in [0.4, 0.5) is 5.82 Å². The van der Waals surface area contributed by atoms with E-state index in [1.54, 1.807) is 18.3 Å². The summed E-state index contributed by atoms with van der Waals surface area (Å²) in [6.07, 6.45) is 3.18. The highest BCUT2D eigenvalue weighted by molar-refractivity contribution is 5.82. The van der Waals surface area contributed by atoms with E-state index in [2.05, 4.69) is 9.88 Å². The maximum atomic E-state index is 10.9. The fraction of sp³-hybridized carbons (Fsp3) is 0.500. The van der Waals surface area contributed by atoms with Gasteiger partial charge < -0.3 is 10.0 Å². The Morgan fingerprint density at radius 1 is 1.69 bits per heavy atom. The molecule has 0 amide bonds. The van der Waals surface area contributed by atoms with Gasteiger partial charge in [-0.15, -0.1) is 0 Å². The third-order valence-electron chi connectivity index (χ3n) is 3.15. The SMILES string of the molecule is CC(O)C1CCN(c2ncccc2C=O)C1. The zero-order valence-electron chi connectivity index (χ0n) is 9.34. The highest BCUT2D eigenvalue weighted by Crippen LogP contribution is 2.25. The molecular weight excluding hydrogens is 204 g/mol. The smallest absolute Gasteiger partial charge is 0.153 e. The first-order valence-electron chi connectivity index (χ1n) is 5.55. The number of aromatic nitrogens is 1. The van der Waals surface area contributed by atoms with Crippen molar-refractivity contribution in [2.45, 2.75) is 19.4 Å². The van der Waals surface area contributed by atoms with E-state index in [-0.39, 0.29) is 12.0 Å². The van der Waals surface area contributed by atoms with Crippen molar-refractivity contribution in [3.63, 3.8) is 0 Å². The summed E-state index contributed by atoms with van der Waals surface area (Å²) in [6, 6.07) is 3.53. The molecule has 0 aliphatic carbocycles. The third kappa shape index (κ3) is 2.07. The van der Waals surface area contributed by atoms with Gasteiger partial charge in [0.2, 0.25) is 0 Å². The van der Waals surface area contributed by atoms with Crippen LogP contribution in [0.15, 0.2) is 18.3 Å². The summed E-state index contributed by atoms with van der Waals surface area (Å²) in [6.45, 7) is 3.44. The maximum absolute atomic E-state index is 10.9. The summed E-state index contributed by atoms with van der Waals surface area (Å²) in [7, 11) is 0. The molecule has 1 aliphatic heterocycles. The number of hydrogen-bond acceptors (Lipinski definition) is 4. The predicted molar refractivity (Wildman–Crippen MR) is 61.6 cm³/mol. The first-order valence-corrected chi connectivity index (χ1v) is 5.55. The summed E-state index contributed by atoms with van der Waals surface area (Å²) < 4.78 is 0. The van der Waals surface area contributed by atoms with E-state index in [0.29, 0.717) is 5.56 Å². The molecule has 86 valence electrons. The molecule has 1 saturated heterocycles. The van der Waals surface area contributed by atoms with Crippen molar-refractivity contribution in [1.29, 1.82) is 0 Å². The summed E-state index contributed by atoms with van der Waals surface area (Å²) in [5, 5.41) is 9.53. The van der Waals surface area contributed by atoms with Crippen LogP contribution in [-0.2, 0) is 0 Å². The quantitative estimate of drug-likeness (QED) is 0.775. The minimum absolute atomic E-state index is 0.279. The van der Waals surface area contributed by atoms with Gasteiger partial charge in [-0.1, -0.05) is 0 Å². The summed E-state index contributed by atoms with van der Waals surface area (Å²) in [5.41, 5.74) is 0.619. The van der Waals surface area contributed by atoms with Crippen molar-refractivity contribution >= 4 is 12.1 Å². The van der Waals surface area contributed by atoms with Gasteiger partial charge >= 0.3 is 0 Å². The van der Waals surface area contributed by atoms with Crippen molar-refractivity contribution in [2.75, 3.05) is 18.0 Å². The Morgan fingerprint density at radius 2 is 2.50 bits per heavy atom. The van der Waals surface area contributed by atoms with Gasteiger partial charge in [0.15, 0.2) is 6.29 Å². The number of pyridine rings is 1. The van der Waals surface area contributed by atoms with Gasteiger partial charge in [0, 0.05) is 25.2 Å². The Bertz CT molecular complexity index is 379. The van der Waals surface area contributed by atoms with E-state index in [9.17, 15) is 9.90 Å². The molecule has 0 saturated carbocycles. The van der Waals surface area contributed by atoms with Crippen molar-refractivity contribution in [3.8, 4) is 0 Å². The van der Waals surface area contributed by atoms with Crippen LogP contribution in [-0.4, -0.2) is 35.6 Å². The molecule has 2 rings (SSSR count). The van der Waals surface area contributed by atoms with E-state index in [4.69, 9.17) is 0 Å². The maximum Gasteiger partial charge on any atom is 0.153 e. The van der Waals surface area contributed by atoms with E-state index in [1.165, 1.54) is 0 Å². The van der Waals surface area contributed by atoms with Crippen LogP contribution >= 0.6 is 0 Å². The molecule has 2 atom stereocenters. The molecule has 1 aromatic heterocycles. The molecule has 0 radical (unpaired) electrons. The lowest BCUT2D eigenvalue weighted by atomic mass is 10.0. The van der Waals surface area contributed by atoms with Crippen molar-refractivity contribution in [3.05, 3.63) is 23.9 Å². The lowest BCUT2D eigenvalue weighted by molar-refractivity contribution is 0.112. The number of carbonyl (C=O) groups is 1. The van der Waals surface area contributed by atoms with Crippen LogP contribution < -0.4 is 4.90 Å². The second-order valence-electron chi connectivity index (χ2n) is 4.27. The minimum Gasteiger partial charge on any atom is -0.393 e. The van der Waals surface area contributed by atoms with Crippen LogP contribution in [0.3, 0.4) is 0 Å². The van der Waals surface area contributed by atoms with Crippen LogP contribution in [0.5, 0.6) is 0 Å². The number of hydrogen-bond donors (Lipinski definition) is 1. The largest absolute Gasteiger partial charge is 0.393 e. The van der Waals surface area contributed by atoms with Crippen molar-refractivity contribution in [2.24, 2.45) is 5.92 Å². The van der Waals surface area contributed by atoms with E-state index >= 15 is 0 Å². The molecule has 0 spiro atoms.